The summed E-state index contributed by atoms with van der Waals surface area (Å²) < 4.78 is 4.76. The second kappa shape index (κ2) is 6.46. The number of pyridine rings is 2. The molecular weight excluding hydrogens is 402 g/mol. The molecule has 3 aromatic heterocycles. The van der Waals surface area contributed by atoms with Crippen LogP contribution in [-0.2, 0) is 7.05 Å². The van der Waals surface area contributed by atoms with Gasteiger partial charge in [-0.2, -0.15) is 0 Å². The van der Waals surface area contributed by atoms with E-state index < -0.39 is 0 Å². The molecule has 0 bridgehead atoms. The van der Waals surface area contributed by atoms with E-state index in [9.17, 15) is 0 Å². The van der Waals surface area contributed by atoms with Crippen molar-refractivity contribution in [3.63, 3.8) is 0 Å². The fourth-order valence-corrected chi connectivity index (χ4v) is 5.64. The molecule has 0 aliphatic heterocycles. The van der Waals surface area contributed by atoms with Gasteiger partial charge in [-0.05, 0) is 54.3 Å². The van der Waals surface area contributed by atoms with Gasteiger partial charge in [0, 0.05) is 35.3 Å². The van der Waals surface area contributed by atoms with Gasteiger partial charge in [-0.3, -0.25) is 0 Å². The number of rotatable bonds is 2. The van der Waals surface area contributed by atoms with E-state index in [4.69, 9.17) is 0 Å². The monoisotopic (exact) mass is 426 g/mol. The van der Waals surface area contributed by atoms with Gasteiger partial charge in [-0.1, -0.05) is 42.5 Å². The van der Waals surface area contributed by atoms with Crippen LogP contribution in [-0.4, -0.2) is 11.4 Å². The van der Waals surface area contributed by atoms with E-state index >= 15 is 0 Å². The molecule has 0 unspecified atom stereocenters. The average Bonchev–Trinajstić information content (AvgIpc) is 3.18. The van der Waals surface area contributed by atoms with Crippen molar-refractivity contribution in [1.29, 1.82) is 0 Å². The topological polar surface area (TPSA) is 11.5 Å². The van der Waals surface area contributed by atoms with Crippen LogP contribution >= 0.6 is 0 Å². The summed E-state index contributed by atoms with van der Waals surface area (Å²) in [6.07, 6.45) is 2.19. The Hall–Kier alpha value is -4.11. The highest BCUT2D eigenvalue weighted by Gasteiger charge is 2.23. The smallest absolute Gasteiger partial charge is 0.224 e. The minimum atomic E-state index is 1.19. The Kier molecular flexibility index (Phi) is 3.61. The number of nitrogens with zero attached hydrogens (tertiary/aromatic N) is 3. The lowest BCUT2D eigenvalue weighted by Crippen LogP contribution is -2.28. The number of aryl methyl sites for hydroxylation is 2. The first-order valence-corrected chi connectivity index (χ1v) is 11.4. The van der Waals surface area contributed by atoms with E-state index in [0.717, 1.165) is 0 Å². The maximum Gasteiger partial charge on any atom is 0.224 e. The molecule has 0 fully saturated rings. The van der Waals surface area contributed by atoms with Gasteiger partial charge in [-0.15, -0.1) is 0 Å². The molecule has 7 aromatic rings. The van der Waals surface area contributed by atoms with Gasteiger partial charge in [0.25, 0.3) is 0 Å². The molecule has 158 valence electrons. The summed E-state index contributed by atoms with van der Waals surface area (Å²) in [5.41, 5.74) is 8.83. The molecule has 0 amide bonds. The molecule has 0 saturated heterocycles. The van der Waals surface area contributed by atoms with Crippen molar-refractivity contribution in [3.05, 3.63) is 96.7 Å². The van der Waals surface area contributed by atoms with E-state index in [1.165, 1.54) is 65.9 Å². The Labute approximate surface area is 192 Å². The molecule has 7 rings (SSSR count). The molecule has 0 N–H and O–H groups in total. The second-order valence-electron chi connectivity index (χ2n) is 9.10. The van der Waals surface area contributed by atoms with Gasteiger partial charge >= 0.3 is 0 Å². The lowest BCUT2D eigenvalue weighted by molar-refractivity contribution is -0.643. The Morgan fingerprint density at radius 3 is 2.42 bits per heavy atom. The number of para-hydroxylation sites is 1. The van der Waals surface area contributed by atoms with Crippen molar-refractivity contribution >= 4 is 60.4 Å². The molecule has 0 spiro atoms. The zero-order valence-electron chi connectivity index (χ0n) is 19.0. The molecule has 0 saturated carbocycles. The number of hydrogen-bond donors (Lipinski definition) is 0. The fourth-order valence-electron chi connectivity index (χ4n) is 5.64. The summed E-state index contributed by atoms with van der Waals surface area (Å²) in [5.74, 6) is 0. The second-order valence-corrected chi connectivity index (χ2v) is 9.10. The molecule has 33 heavy (non-hydrogen) atoms. The predicted molar refractivity (Wildman–Crippen MR) is 139 cm³/mol. The van der Waals surface area contributed by atoms with Crippen molar-refractivity contribution < 1.29 is 4.57 Å². The quantitative estimate of drug-likeness (QED) is 0.166. The number of hydrogen-bond acceptors (Lipinski definition) is 1. The van der Waals surface area contributed by atoms with Crippen LogP contribution in [0, 0.1) is 6.92 Å². The van der Waals surface area contributed by atoms with E-state index in [2.05, 4.69) is 126 Å². The third-order valence-corrected chi connectivity index (χ3v) is 7.27. The summed E-state index contributed by atoms with van der Waals surface area (Å²) >= 11 is 0. The highest BCUT2D eigenvalue weighted by molar-refractivity contribution is 6.25. The van der Waals surface area contributed by atoms with E-state index in [1.54, 1.807) is 0 Å². The van der Waals surface area contributed by atoms with Crippen LogP contribution < -0.4 is 9.47 Å². The van der Waals surface area contributed by atoms with Gasteiger partial charge < -0.3 is 9.30 Å². The van der Waals surface area contributed by atoms with Crippen LogP contribution in [0.1, 0.15) is 5.56 Å². The summed E-state index contributed by atoms with van der Waals surface area (Å²) in [6, 6.07) is 30.9. The van der Waals surface area contributed by atoms with E-state index in [-0.39, 0.29) is 0 Å². The summed E-state index contributed by atoms with van der Waals surface area (Å²) in [4.78, 5) is 2.26. The highest BCUT2D eigenvalue weighted by atomic mass is 15.1. The zero-order valence-corrected chi connectivity index (χ0v) is 19.0. The summed E-state index contributed by atoms with van der Waals surface area (Å²) in [7, 11) is 4.30. The van der Waals surface area contributed by atoms with Crippen LogP contribution in [0.3, 0.4) is 0 Å². The third kappa shape index (κ3) is 2.37. The number of aromatic nitrogens is 2. The maximum absolute atomic E-state index is 2.48. The minimum Gasteiger partial charge on any atom is -0.345 e. The summed E-state index contributed by atoms with van der Waals surface area (Å²) in [5, 5.41) is 6.55. The normalized spacial score (nSPS) is 12.1. The van der Waals surface area contributed by atoms with Crippen LogP contribution in [0.4, 0.5) is 11.4 Å². The maximum atomic E-state index is 2.48. The van der Waals surface area contributed by atoms with Crippen LogP contribution in [0.15, 0.2) is 91.1 Å². The number of benzene rings is 4. The predicted octanol–water partition coefficient (Wildman–Crippen LogP) is 6.89. The average molecular weight is 427 g/mol. The Bertz CT molecular complexity index is 1840. The number of fused-ring (bicyclic) bond motifs is 5. The highest BCUT2D eigenvalue weighted by Crippen LogP contribution is 2.41. The van der Waals surface area contributed by atoms with Crippen LogP contribution in [0.2, 0.25) is 0 Å². The van der Waals surface area contributed by atoms with E-state index in [1.807, 2.05) is 0 Å². The molecule has 0 aliphatic carbocycles. The number of anilines is 2. The van der Waals surface area contributed by atoms with Crippen molar-refractivity contribution in [2.45, 2.75) is 6.92 Å². The van der Waals surface area contributed by atoms with Crippen molar-refractivity contribution in [3.8, 4) is 0 Å². The Balaban J connectivity index is 1.68. The molecule has 3 heterocycles. The molecule has 4 aromatic carbocycles. The Morgan fingerprint density at radius 2 is 1.58 bits per heavy atom. The molecule has 3 heteroatoms. The first-order valence-electron chi connectivity index (χ1n) is 11.4. The third-order valence-electron chi connectivity index (χ3n) is 7.27. The van der Waals surface area contributed by atoms with Gasteiger partial charge in [0.15, 0.2) is 6.20 Å². The van der Waals surface area contributed by atoms with Crippen molar-refractivity contribution in [2.24, 2.45) is 7.05 Å². The molecular formula is C30H24N3+. The van der Waals surface area contributed by atoms with Crippen LogP contribution in [0.25, 0.3) is 49.0 Å². The van der Waals surface area contributed by atoms with Gasteiger partial charge in [0.1, 0.15) is 7.05 Å². The summed E-state index contributed by atoms with van der Waals surface area (Å²) in [6.45, 7) is 2.23. The molecule has 3 nitrogen and oxygen atoms in total. The molecule has 0 atom stereocenters. The first kappa shape index (κ1) is 18.5. The fraction of sp³-hybridized carbons (Fsp3) is 0.100. The van der Waals surface area contributed by atoms with E-state index in [0.29, 0.717) is 0 Å². The Morgan fingerprint density at radius 1 is 0.727 bits per heavy atom. The first-order chi connectivity index (χ1) is 16.1. The minimum absolute atomic E-state index is 1.19. The molecule has 0 aliphatic rings. The van der Waals surface area contributed by atoms with Gasteiger partial charge in [0.2, 0.25) is 5.52 Å². The van der Waals surface area contributed by atoms with Crippen LogP contribution in [0.5, 0.6) is 0 Å². The SMILES string of the molecule is Cc1ccc2c3cc(N(C)c4ccccc4)ccc3n3c4cccc5cc[n+](C)c(c1c23)c54. The van der Waals surface area contributed by atoms with Crippen molar-refractivity contribution in [1.82, 2.24) is 4.40 Å². The lowest BCUT2D eigenvalue weighted by atomic mass is 10.00. The zero-order chi connectivity index (χ0) is 22.3. The molecule has 0 radical (unpaired) electrons. The largest absolute Gasteiger partial charge is 0.345 e. The van der Waals surface area contributed by atoms with Gasteiger partial charge in [-0.25, -0.2) is 4.57 Å². The lowest BCUT2D eigenvalue weighted by Gasteiger charge is -2.19. The van der Waals surface area contributed by atoms with Crippen molar-refractivity contribution in [2.75, 3.05) is 11.9 Å². The van der Waals surface area contributed by atoms with Gasteiger partial charge in [0.05, 0.1) is 27.3 Å². The standard InChI is InChI=1S/C30H24N3/c1-19-12-14-23-24-18-22(32(3)21-9-5-4-6-10-21)13-15-25(24)33-26-11-7-8-20-16-17-31(2)30(28(20)26)27(19)29(23)33/h4-18H,1-3H3/q+1.